The summed E-state index contributed by atoms with van der Waals surface area (Å²) in [4.78, 5) is 9.94. The Kier molecular flexibility index (Phi) is 4.80. The van der Waals surface area contributed by atoms with Gasteiger partial charge in [-0.05, 0) is 6.07 Å². The quantitative estimate of drug-likeness (QED) is 0.343. The van der Waals surface area contributed by atoms with E-state index in [4.69, 9.17) is 4.55 Å². The van der Waals surface area contributed by atoms with Gasteiger partial charge in [0.05, 0.1) is 0 Å². The molecule has 4 nitrogen and oxygen atoms in total. The number of hydrogen-bond donors (Lipinski definition) is 1. The van der Waals surface area contributed by atoms with Gasteiger partial charge in [0.1, 0.15) is 4.90 Å². The molecule has 0 aliphatic rings. The van der Waals surface area contributed by atoms with E-state index in [1.54, 1.807) is 0 Å². The molecule has 1 aromatic carbocycles. The van der Waals surface area contributed by atoms with Crippen LogP contribution in [-0.2, 0) is 10.1 Å². The van der Waals surface area contributed by atoms with E-state index in [1.807, 2.05) is 0 Å². The van der Waals surface area contributed by atoms with E-state index in [2.05, 4.69) is 0 Å². The smallest absolute Gasteiger partial charge is 1.00 e. The van der Waals surface area contributed by atoms with Crippen molar-refractivity contribution in [3.63, 3.8) is 0 Å². The molecule has 0 spiro atoms. The van der Waals surface area contributed by atoms with Crippen LogP contribution >= 0.6 is 0 Å². The van der Waals surface area contributed by atoms with E-state index in [1.165, 1.54) is 24.3 Å². The molecule has 0 fully saturated rings. The minimum atomic E-state index is -4.28. The van der Waals surface area contributed by atoms with Crippen molar-refractivity contribution < 1.29 is 48.7 Å². The SMILES string of the molecule is O=Cc1ccccc1S(=O)(=O)O.[H-].[Na+]. The molecule has 0 unspecified atom stereocenters. The summed E-state index contributed by atoms with van der Waals surface area (Å²) in [5.74, 6) is 0. The Balaban J connectivity index is 0. The molecule has 0 aromatic heterocycles. The Morgan fingerprint density at radius 2 is 1.85 bits per heavy atom. The first-order valence-corrected chi connectivity index (χ1v) is 4.51. The van der Waals surface area contributed by atoms with Crippen molar-refractivity contribution in [2.45, 2.75) is 4.90 Å². The van der Waals surface area contributed by atoms with Gasteiger partial charge in [-0.3, -0.25) is 9.35 Å². The summed E-state index contributed by atoms with van der Waals surface area (Å²) in [6, 6.07) is 5.42. The molecule has 6 heteroatoms. The number of rotatable bonds is 2. The van der Waals surface area contributed by atoms with Gasteiger partial charge in [0.25, 0.3) is 10.1 Å². The topological polar surface area (TPSA) is 71.4 Å². The third-order valence-corrected chi connectivity index (χ3v) is 2.25. The molecule has 13 heavy (non-hydrogen) atoms. The average molecular weight is 210 g/mol. The number of carbonyl (C=O) groups excluding carboxylic acids is 1. The van der Waals surface area contributed by atoms with Crippen LogP contribution in [0.15, 0.2) is 29.2 Å². The minimum Gasteiger partial charge on any atom is -1.00 e. The maximum atomic E-state index is 10.6. The second kappa shape index (κ2) is 4.88. The van der Waals surface area contributed by atoms with Gasteiger partial charge in [-0.15, -0.1) is 0 Å². The molecule has 0 atom stereocenters. The van der Waals surface area contributed by atoms with Crippen LogP contribution in [0.5, 0.6) is 0 Å². The third kappa shape index (κ3) is 3.21. The van der Waals surface area contributed by atoms with Crippen molar-refractivity contribution in [2.75, 3.05) is 0 Å². The largest absolute Gasteiger partial charge is 1.00 e. The van der Waals surface area contributed by atoms with Gasteiger partial charge in [0.15, 0.2) is 6.29 Å². The van der Waals surface area contributed by atoms with Gasteiger partial charge in [-0.1, -0.05) is 18.2 Å². The molecule has 0 aliphatic carbocycles. The van der Waals surface area contributed by atoms with E-state index in [0.29, 0.717) is 6.29 Å². The molecule has 0 amide bonds. The molecule has 1 aromatic rings. The van der Waals surface area contributed by atoms with Crippen LogP contribution in [0.25, 0.3) is 0 Å². The summed E-state index contributed by atoms with van der Waals surface area (Å²) in [5.41, 5.74) is -0.0417. The summed E-state index contributed by atoms with van der Waals surface area (Å²) < 4.78 is 29.8. The van der Waals surface area contributed by atoms with Crippen molar-refractivity contribution >= 4 is 16.4 Å². The van der Waals surface area contributed by atoms with Crippen molar-refractivity contribution in [3.05, 3.63) is 29.8 Å². The zero-order valence-electron chi connectivity index (χ0n) is 7.97. The maximum Gasteiger partial charge on any atom is 1.00 e. The number of carbonyl (C=O) groups is 1. The second-order valence-electron chi connectivity index (χ2n) is 2.13. The molecule has 0 saturated carbocycles. The molecule has 1 N–H and O–H groups in total. The molecule has 0 heterocycles. The van der Waals surface area contributed by atoms with Crippen LogP contribution in [-0.4, -0.2) is 19.3 Å². The van der Waals surface area contributed by atoms with E-state index in [9.17, 15) is 13.2 Å². The summed E-state index contributed by atoms with van der Waals surface area (Å²) in [5, 5.41) is 0. The van der Waals surface area contributed by atoms with Gasteiger partial charge < -0.3 is 1.43 Å². The summed E-state index contributed by atoms with van der Waals surface area (Å²) in [6.45, 7) is 0. The first-order chi connectivity index (χ1) is 5.55. The second-order valence-corrected chi connectivity index (χ2v) is 3.52. The van der Waals surface area contributed by atoms with E-state index in [0.717, 1.165) is 0 Å². The van der Waals surface area contributed by atoms with Crippen molar-refractivity contribution in [1.29, 1.82) is 0 Å². The van der Waals surface area contributed by atoms with E-state index in [-0.39, 0.29) is 41.4 Å². The minimum absolute atomic E-state index is 0. The van der Waals surface area contributed by atoms with Gasteiger partial charge in [0.2, 0.25) is 0 Å². The standard InChI is InChI=1S/C7H6O4S.Na.H/c8-5-6-3-1-2-4-7(6)12(9,10)11;;/h1-5H,(H,9,10,11);;/q;+1;-1. The molecular formula is C7H7NaO4S. The van der Waals surface area contributed by atoms with Crippen LogP contribution in [0.2, 0.25) is 0 Å². The number of hydrogen-bond acceptors (Lipinski definition) is 3. The van der Waals surface area contributed by atoms with Crippen LogP contribution in [0, 0.1) is 0 Å². The van der Waals surface area contributed by atoms with E-state index < -0.39 is 10.1 Å². The molecule has 1 rings (SSSR count). The molecule has 0 bridgehead atoms. The Hall–Kier alpha value is -0.200. The number of benzene rings is 1. The fourth-order valence-corrected chi connectivity index (χ4v) is 1.48. The van der Waals surface area contributed by atoms with Crippen LogP contribution < -0.4 is 29.6 Å². The molecule has 0 saturated heterocycles. The first-order valence-electron chi connectivity index (χ1n) is 3.07. The normalized spacial score (nSPS) is 10.2. The summed E-state index contributed by atoms with van der Waals surface area (Å²) in [7, 11) is -4.28. The Morgan fingerprint density at radius 1 is 1.31 bits per heavy atom. The Labute approximate surface area is 99.5 Å². The average Bonchev–Trinajstić information content (AvgIpc) is 2.03. The molecule has 66 valence electrons. The number of aldehydes is 1. The fraction of sp³-hybridized carbons (Fsp3) is 0. The molecular weight excluding hydrogens is 203 g/mol. The monoisotopic (exact) mass is 210 g/mol. The molecule has 0 radical (unpaired) electrons. The van der Waals surface area contributed by atoms with Crippen molar-refractivity contribution in [1.82, 2.24) is 0 Å². The summed E-state index contributed by atoms with van der Waals surface area (Å²) >= 11 is 0. The van der Waals surface area contributed by atoms with E-state index >= 15 is 0 Å². The van der Waals surface area contributed by atoms with Gasteiger partial charge in [-0.2, -0.15) is 8.42 Å². The zero-order valence-corrected chi connectivity index (χ0v) is 9.78. The van der Waals surface area contributed by atoms with Crippen molar-refractivity contribution in [3.8, 4) is 0 Å². The third-order valence-electron chi connectivity index (χ3n) is 1.32. The zero-order chi connectivity index (χ0) is 9.19. The summed E-state index contributed by atoms with van der Waals surface area (Å²) in [6.07, 6.45) is 0.378. The van der Waals surface area contributed by atoms with Gasteiger partial charge in [0, 0.05) is 5.56 Å². The van der Waals surface area contributed by atoms with Crippen LogP contribution in [0.4, 0.5) is 0 Å². The van der Waals surface area contributed by atoms with Crippen molar-refractivity contribution in [2.24, 2.45) is 0 Å². The predicted molar refractivity (Wildman–Crippen MR) is 42.8 cm³/mol. The van der Waals surface area contributed by atoms with Gasteiger partial charge >= 0.3 is 29.6 Å². The maximum absolute atomic E-state index is 10.6. The Morgan fingerprint density at radius 3 is 2.23 bits per heavy atom. The van der Waals surface area contributed by atoms with Crippen LogP contribution in [0.3, 0.4) is 0 Å². The van der Waals surface area contributed by atoms with Gasteiger partial charge in [-0.25, -0.2) is 0 Å². The predicted octanol–water partition coefficient (Wildman–Crippen LogP) is -2.14. The first kappa shape index (κ1) is 12.8. The fourth-order valence-electron chi connectivity index (χ4n) is 0.813. The Bertz CT molecular complexity index is 404. The van der Waals surface area contributed by atoms with Crippen LogP contribution in [0.1, 0.15) is 11.8 Å². The molecule has 0 aliphatic heterocycles.